The molecule has 0 saturated heterocycles. The monoisotopic (exact) mass is 366 g/mol. The molecule has 100 valence electrons. The van der Waals surface area contributed by atoms with Crippen molar-refractivity contribution in [2.24, 2.45) is 0 Å². The van der Waals surface area contributed by atoms with E-state index in [4.69, 9.17) is 0 Å². The van der Waals surface area contributed by atoms with Gasteiger partial charge in [0, 0.05) is 3.57 Å². The summed E-state index contributed by atoms with van der Waals surface area (Å²) in [5.74, 6) is 0.389. The molecule has 0 aliphatic heterocycles. The summed E-state index contributed by atoms with van der Waals surface area (Å²) in [5.41, 5.74) is 2.50. The maximum atomic E-state index is 10.2. The molecule has 19 heavy (non-hydrogen) atoms. The van der Waals surface area contributed by atoms with Gasteiger partial charge in [0.1, 0.15) is 0 Å². The summed E-state index contributed by atoms with van der Waals surface area (Å²) < 4.78 is 1.23. The van der Waals surface area contributed by atoms with Crippen molar-refractivity contribution in [3.63, 3.8) is 0 Å². The maximum Gasteiger partial charge on any atom is 0.0586 e. The molecule has 0 saturated carbocycles. The van der Waals surface area contributed by atoms with Gasteiger partial charge in [-0.25, -0.2) is 0 Å². The van der Waals surface area contributed by atoms with E-state index in [1.807, 2.05) is 6.07 Å². The number of benzene rings is 2. The first kappa shape index (κ1) is 14.5. The fraction of sp³-hybridized carbons (Fsp3) is 0.294. The lowest BCUT2D eigenvalue weighted by atomic mass is 9.92. The van der Waals surface area contributed by atoms with Crippen molar-refractivity contribution in [2.75, 3.05) is 0 Å². The summed E-state index contributed by atoms with van der Waals surface area (Å²) in [6.07, 6.45) is 1.25. The summed E-state index contributed by atoms with van der Waals surface area (Å²) >= 11 is 2.30. The van der Waals surface area contributed by atoms with Crippen LogP contribution >= 0.6 is 22.6 Å². The lowest BCUT2D eigenvalue weighted by Gasteiger charge is -2.17. The van der Waals surface area contributed by atoms with E-state index in [0.29, 0.717) is 5.92 Å². The van der Waals surface area contributed by atoms with Crippen LogP contribution in [0.25, 0.3) is 0 Å². The van der Waals surface area contributed by atoms with Crippen LogP contribution in [-0.2, 0) is 6.42 Å². The van der Waals surface area contributed by atoms with Crippen molar-refractivity contribution in [1.82, 2.24) is 0 Å². The van der Waals surface area contributed by atoms with Gasteiger partial charge < -0.3 is 5.11 Å². The van der Waals surface area contributed by atoms with E-state index in [2.05, 4.69) is 78.0 Å². The second-order valence-corrected chi connectivity index (χ2v) is 6.28. The maximum absolute atomic E-state index is 10.2. The Morgan fingerprint density at radius 1 is 1.00 bits per heavy atom. The molecule has 2 atom stereocenters. The molecule has 0 aliphatic rings. The number of hydrogen-bond acceptors (Lipinski definition) is 1. The van der Waals surface area contributed by atoms with E-state index in [0.717, 1.165) is 12.8 Å². The highest BCUT2D eigenvalue weighted by molar-refractivity contribution is 14.1. The standard InChI is InChI=1S/C17H19IO/c1-13(15-5-3-2-4-6-15)11-17(19)12-14-7-9-16(18)10-8-14/h2-10,13,17,19H,11-12H2,1H3. The molecular weight excluding hydrogens is 347 g/mol. The van der Waals surface area contributed by atoms with Gasteiger partial charge in [-0.15, -0.1) is 0 Å². The Morgan fingerprint density at radius 3 is 2.26 bits per heavy atom. The number of aliphatic hydroxyl groups excluding tert-OH is 1. The first-order valence-corrected chi connectivity index (χ1v) is 7.70. The Hall–Kier alpha value is -0.870. The highest BCUT2D eigenvalue weighted by atomic mass is 127. The minimum Gasteiger partial charge on any atom is -0.393 e. The number of hydrogen-bond donors (Lipinski definition) is 1. The zero-order valence-corrected chi connectivity index (χ0v) is 13.2. The molecule has 2 rings (SSSR count). The quantitative estimate of drug-likeness (QED) is 0.779. The number of halogens is 1. The Balaban J connectivity index is 1.90. The van der Waals surface area contributed by atoms with Crippen LogP contribution in [0.4, 0.5) is 0 Å². The topological polar surface area (TPSA) is 20.2 Å². The molecule has 1 nitrogen and oxygen atoms in total. The van der Waals surface area contributed by atoms with E-state index in [9.17, 15) is 5.11 Å². The molecule has 0 aliphatic carbocycles. The van der Waals surface area contributed by atoms with E-state index >= 15 is 0 Å². The van der Waals surface area contributed by atoms with Gasteiger partial charge in [-0.05, 0) is 64.6 Å². The van der Waals surface area contributed by atoms with Gasteiger partial charge in [0.05, 0.1) is 6.10 Å². The second-order valence-electron chi connectivity index (χ2n) is 5.03. The number of rotatable bonds is 5. The van der Waals surface area contributed by atoms with E-state index < -0.39 is 0 Å². The van der Waals surface area contributed by atoms with Gasteiger partial charge in [-0.3, -0.25) is 0 Å². The molecule has 0 amide bonds. The molecule has 2 aromatic rings. The molecule has 1 N–H and O–H groups in total. The number of aliphatic hydroxyl groups is 1. The largest absolute Gasteiger partial charge is 0.393 e. The Bertz CT molecular complexity index is 492. The van der Waals surface area contributed by atoms with Crippen molar-refractivity contribution in [3.8, 4) is 0 Å². The van der Waals surface area contributed by atoms with E-state index in [1.165, 1.54) is 14.7 Å². The summed E-state index contributed by atoms with van der Waals surface area (Å²) in [7, 11) is 0. The summed E-state index contributed by atoms with van der Waals surface area (Å²) in [6.45, 7) is 2.17. The van der Waals surface area contributed by atoms with Gasteiger partial charge in [0.25, 0.3) is 0 Å². The average molecular weight is 366 g/mol. The van der Waals surface area contributed by atoms with Crippen LogP contribution in [0.2, 0.25) is 0 Å². The smallest absolute Gasteiger partial charge is 0.0586 e. The Labute approximate surface area is 128 Å². The van der Waals surface area contributed by atoms with Crippen LogP contribution in [-0.4, -0.2) is 11.2 Å². The summed E-state index contributed by atoms with van der Waals surface area (Å²) in [4.78, 5) is 0. The highest BCUT2D eigenvalue weighted by Crippen LogP contribution is 2.21. The zero-order chi connectivity index (χ0) is 13.7. The third-order valence-corrected chi connectivity index (χ3v) is 4.10. The third kappa shape index (κ3) is 4.62. The van der Waals surface area contributed by atoms with Crippen LogP contribution in [0.1, 0.15) is 30.4 Å². The molecule has 0 aromatic heterocycles. The highest BCUT2D eigenvalue weighted by Gasteiger charge is 2.12. The molecule has 2 heteroatoms. The van der Waals surface area contributed by atoms with Crippen molar-refractivity contribution in [2.45, 2.75) is 31.8 Å². The van der Waals surface area contributed by atoms with Crippen LogP contribution in [0.15, 0.2) is 54.6 Å². The predicted molar refractivity (Wildman–Crippen MR) is 88.3 cm³/mol. The second kappa shape index (κ2) is 7.06. The van der Waals surface area contributed by atoms with Gasteiger partial charge >= 0.3 is 0 Å². The molecule has 0 fully saturated rings. The normalized spacial score (nSPS) is 14.1. The predicted octanol–water partition coefficient (Wildman–Crippen LogP) is 4.39. The van der Waals surface area contributed by atoms with Crippen molar-refractivity contribution >= 4 is 22.6 Å². The summed E-state index contributed by atoms with van der Waals surface area (Å²) in [5, 5.41) is 10.2. The third-order valence-electron chi connectivity index (χ3n) is 3.38. The van der Waals surface area contributed by atoms with Gasteiger partial charge in [-0.2, -0.15) is 0 Å². The fourth-order valence-corrected chi connectivity index (χ4v) is 2.66. The average Bonchev–Trinajstić information content (AvgIpc) is 2.42. The van der Waals surface area contributed by atoms with Crippen molar-refractivity contribution in [1.29, 1.82) is 0 Å². The zero-order valence-electron chi connectivity index (χ0n) is 11.1. The Kier molecular flexibility index (Phi) is 5.40. The molecular formula is C17H19IO. The fourth-order valence-electron chi connectivity index (χ4n) is 2.30. The molecule has 0 heterocycles. The Morgan fingerprint density at radius 2 is 1.63 bits per heavy atom. The lowest BCUT2D eigenvalue weighted by Crippen LogP contribution is -2.14. The van der Waals surface area contributed by atoms with Gasteiger partial charge in [0.15, 0.2) is 0 Å². The molecule has 2 aromatic carbocycles. The van der Waals surface area contributed by atoms with Gasteiger partial charge in [-0.1, -0.05) is 49.4 Å². The van der Waals surface area contributed by atoms with Gasteiger partial charge in [0.2, 0.25) is 0 Å². The van der Waals surface area contributed by atoms with Crippen molar-refractivity contribution < 1.29 is 5.11 Å². The molecule has 0 radical (unpaired) electrons. The van der Waals surface area contributed by atoms with E-state index in [-0.39, 0.29) is 6.10 Å². The van der Waals surface area contributed by atoms with Crippen molar-refractivity contribution in [3.05, 3.63) is 69.3 Å². The van der Waals surface area contributed by atoms with Crippen LogP contribution in [0, 0.1) is 3.57 Å². The van der Waals surface area contributed by atoms with E-state index in [1.54, 1.807) is 0 Å². The van der Waals surface area contributed by atoms with Crippen LogP contribution in [0.5, 0.6) is 0 Å². The lowest BCUT2D eigenvalue weighted by molar-refractivity contribution is 0.157. The SMILES string of the molecule is CC(CC(O)Cc1ccc(I)cc1)c1ccccc1. The van der Waals surface area contributed by atoms with Crippen LogP contribution < -0.4 is 0 Å². The minimum absolute atomic E-state index is 0.282. The minimum atomic E-state index is -0.282. The summed E-state index contributed by atoms with van der Waals surface area (Å²) in [6, 6.07) is 18.8. The molecule has 2 unspecified atom stereocenters. The first-order chi connectivity index (χ1) is 9.15. The molecule has 0 spiro atoms. The first-order valence-electron chi connectivity index (χ1n) is 6.62. The van der Waals surface area contributed by atoms with Crippen LogP contribution in [0.3, 0.4) is 0 Å². The molecule has 0 bridgehead atoms.